The number of aromatic nitrogens is 1. The Morgan fingerprint density at radius 3 is 3.25 bits per heavy atom. The number of piperazine rings is 1. The monoisotopic (exact) mass is 220 g/mol. The number of hydrogen-bond donors (Lipinski definition) is 2. The molecule has 2 N–H and O–H groups in total. The first-order valence-electron chi connectivity index (χ1n) is 5.39. The average Bonchev–Trinajstić information content (AvgIpc) is 2.31. The minimum atomic E-state index is -0.103. The van der Waals surface area contributed by atoms with Crippen molar-refractivity contribution in [3.05, 3.63) is 24.5 Å². The molecule has 1 atom stereocenters. The summed E-state index contributed by atoms with van der Waals surface area (Å²) in [5.41, 5.74) is 0.742. The summed E-state index contributed by atoms with van der Waals surface area (Å²) in [7, 11) is 1.97. The lowest BCUT2D eigenvalue weighted by Crippen LogP contribution is -2.54. The standard InChI is InChI=1S/C11H16N4O/c1-15-6-5-13-8-10(15)11(16)14-9-3-2-4-12-7-9/h2-4,7,10,13H,5-6,8H2,1H3,(H,14,16). The summed E-state index contributed by atoms with van der Waals surface area (Å²) >= 11 is 0. The van der Waals surface area contributed by atoms with Crippen molar-refractivity contribution >= 4 is 11.6 Å². The second-order valence-corrected chi connectivity index (χ2v) is 3.93. The quantitative estimate of drug-likeness (QED) is 0.732. The zero-order valence-electron chi connectivity index (χ0n) is 9.31. The smallest absolute Gasteiger partial charge is 0.243 e. The van der Waals surface area contributed by atoms with E-state index in [4.69, 9.17) is 0 Å². The molecule has 1 aliphatic heterocycles. The number of carbonyl (C=O) groups excluding carboxylic acids is 1. The minimum absolute atomic E-state index is 0.0164. The summed E-state index contributed by atoms with van der Waals surface area (Å²) < 4.78 is 0. The van der Waals surface area contributed by atoms with E-state index in [0.29, 0.717) is 6.54 Å². The lowest BCUT2D eigenvalue weighted by Gasteiger charge is -2.31. The molecular formula is C11H16N4O. The van der Waals surface area contributed by atoms with E-state index in [-0.39, 0.29) is 11.9 Å². The number of anilines is 1. The molecule has 16 heavy (non-hydrogen) atoms. The van der Waals surface area contributed by atoms with Crippen LogP contribution in [0.4, 0.5) is 5.69 Å². The lowest BCUT2D eigenvalue weighted by molar-refractivity contribution is -0.121. The Labute approximate surface area is 94.9 Å². The number of rotatable bonds is 2. The number of nitrogens with one attached hydrogen (secondary N) is 2. The van der Waals surface area contributed by atoms with Crippen molar-refractivity contribution in [1.29, 1.82) is 0 Å². The maximum Gasteiger partial charge on any atom is 0.243 e. The number of likely N-dealkylation sites (N-methyl/N-ethyl adjacent to an activating group) is 1. The molecular weight excluding hydrogens is 204 g/mol. The van der Waals surface area contributed by atoms with Crippen LogP contribution < -0.4 is 10.6 Å². The lowest BCUT2D eigenvalue weighted by atomic mass is 10.2. The third-order valence-corrected chi connectivity index (χ3v) is 2.74. The van der Waals surface area contributed by atoms with Gasteiger partial charge in [-0.25, -0.2) is 0 Å². The number of pyridine rings is 1. The first-order valence-corrected chi connectivity index (χ1v) is 5.39. The molecule has 0 bridgehead atoms. The van der Waals surface area contributed by atoms with E-state index >= 15 is 0 Å². The zero-order valence-corrected chi connectivity index (χ0v) is 9.31. The molecule has 86 valence electrons. The third-order valence-electron chi connectivity index (χ3n) is 2.74. The molecule has 1 aliphatic rings. The van der Waals surface area contributed by atoms with E-state index < -0.39 is 0 Å². The molecule has 1 amide bonds. The summed E-state index contributed by atoms with van der Waals surface area (Å²) in [4.78, 5) is 18.0. The van der Waals surface area contributed by atoms with Crippen molar-refractivity contribution in [1.82, 2.24) is 15.2 Å². The molecule has 0 radical (unpaired) electrons. The van der Waals surface area contributed by atoms with Crippen molar-refractivity contribution in [3.8, 4) is 0 Å². The van der Waals surface area contributed by atoms with Gasteiger partial charge in [-0.3, -0.25) is 14.7 Å². The average molecular weight is 220 g/mol. The molecule has 2 heterocycles. The third kappa shape index (κ3) is 2.56. The summed E-state index contributed by atoms with van der Waals surface area (Å²) in [6, 6.07) is 3.54. The van der Waals surface area contributed by atoms with Crippen LogP contribution in [0, 0.1) is 0 Å². The predicted molar refractivity (Wildman–Crippen MR) is 62.2 cm³/mol. The summed E-state index contributed by atoms with van der Waals surface area (Å²) in [5, 5.41) is 6.07. The van der Waals surface area contributed by atoms with E-state index in [0.717, 1.165) is 18.8 Å². The zero-order chi connectivity index (χ0) is 11.4. The molecule has 0 aromatic carbocycles. The number of amides is 1. The Morgan fingerprint density at radius 2 is 2.56 bits per heavy atom. The van der Waals surface area contributed by atoms with Gasteiger partial charge in [0, 0.05) is 25.8 Å². The molecule has 1 unspecified atom stereocenters. The molecule has 2 rings (SSSR count). The van der Waals surface area contributed by atoms with Crippen LogP contribution in [-0.4, -0.2) is 48.5 Å². The molecule has 5 nitrogen and oxygen atoms in total. The van der Waals surface area contributed by atoms with Crippen LogP contribution in [0.5, 0.6) is 0 Å². The van der Waals surface area contributed by atoms with Gasteiger partial charge < -0.3 is 10.6 Å². The first kappa shape index (κ1) is 11.0. The highest BCUT2D eigenvalue weighted by atomic mass is 16.2. The molecule has 1 aromatic rings. The second kappa shape index (κ2) is 5.05. The van der Waals surface area contributed by atoms with E-state index in [2.05, 4.69) is 20.5 Å². The van der Waals surface area contributed by atoms with E-state index in [1.54, 1.807) is 18.5 Å². The normalized spacial score (nSPS) is 21.7. The van der Waals surface area contributed by atoms with Gasteiger partial charge in [0.15, 0.2) is 0 Å². The Kier molecular flexibility index (Phi) is 3.48. The maximum absolute atomic E-state index is 12.0. The van der Waals surface area contributed by atoms with Crippen molar-refractivity contribution in [3.63, 3.8) is 0 Å². The van der Waals surface area contributed by atoms with Gasteiger partial charge in [0.2, 0.25) is 5.91 Å². The molecule has 0 aliphatic carbocycles. The Balaban J connectivity index is 1.97. The maximum atomic E-state index is 12.0. The topological polar surface area (TPSA) is 57.3 Å². The fourth-order valence-corrected chi connectivity index (χ4v) is 1.76. The summed E-state index contributed by atoms with van der Waals surface area (Å²) in [6.07, 6.45) is 3.33. The highest BCUT2D eigenvalue weighted by molar-refractivity contribution is 5.94. The number of carbonyl (C=O) groups is 1. The van der Waals surface area contributed by atoms with Crippen molar-refractivity contribution in [2.24, 2.45) is 0 Å². The summed E-state index contributed by atoms with van der Waals surface area (Å²) in [5.74, 6) is 0.0164. The molecule has 1 fully saturated rings. The molecule has 5 heteroatoms. The van der Waals surface area contributed by atoms with Gasteiger partial charge in [-0.1, -0.05) is 0 Å². The fraction of sp³-hybridized carbons (Fsp3) is 0.455. The van der Waals surface area contributed by atoms with Crippen LogP contribution >= 0.6 is 0 Å². The van der Waals surface area contributed by atoms with E-state index in [1.165, 1.54) is 0 Å². The van der Waals surface area contributed by atoms with Crippen LogP contribution in [0.15, 0.2) is 24.5 Å². The van der Waals surface area contributed by atoms with E-state index in [1.807, 2.05) is 13.1 Å². The Morgan fingerprint density at radius 1 is 1.69 bits per heavy atom. The van der Waals surface area contributed by atoms with E-state index in [9.17, 15) is 4.79 Å². The van der Waals surface area contributed by atoms with Crippen molar-refractivity contribution in [2.45, 2.75) is 6.04 Å². The second-order valence-electron chi connectivity index (χ2n) is 3.93. The highest BCUT2D eigenvalue weighted by Crippen LogP contribution is 2.06. The highest BCUT2D eigenvalue weighted by Gasteiger charge is 2.25. The van der Waals surface area contributed by atoms with Gasteiger partial charge in [-0.05, 0) is 19.2 Å². The number of hydrogen-bond acceptors (Lipinski definition) is 4. The largest absolute Gasteiger partial charge is 0.323 e. The SMILES string of the molecule is CN1CCNCC1C(=O)Nc1cccnc1. The van der Waals surface area contributed by atoms with Crippen molar-refractivity contribution in [2.75, 3.05) is 32.0 Å². The Hall–Kier alpha value is -1.46. The first-order chi connectivity index (χ1) is 7.77. The van der Waals surface area contributed by atoms with Crippen LogP contribution in [0.1, 0.15) is 0 Å². The fourth-order valence-electron chi connectivity index (χ4n) is 1.76. The molecule has 1 saturated heterocycles. The minimum Gasteiger partial charge on any atom is -0.323 e. The van der Waals surface area contributed by atoms with Gasteiger partial charge in [-0.15, -0.1) is 0 Å². The van der Waals surface area contributed by atoms with Gasteiger partial charge >= 0.3 is 0 Å². The predicted octanol–water partition coefficient (Wildman–Crippen LogP) is -0.0763. The molecule has 0 spiro atoms. The molecule has 0 saturated carbocycles. The van der Waals surface area contributed by atoms with Crippen LogP contribution in [-0.2, 0) is 4.79 Å². The van der Waals surface area contributed by atoms with Gasteiger partial charge in [-0.2, -0.15) is 0 Å². The van der Waals surface area contributed by atoms with Crippen molar-refractivity contribution < 1.29 is 4.79 Å². The van der Waals surface area contributed by atoms with Crippen LogP contribution in [0.3, 0.4) is 0 Å². The van der Waals surface area contributed by atoms with Gasteiger partial charge in [0.05, 0.1) is 11.9 Å². The van der Waals surface area contributed by atoms with Crippen LogP contribution in [0.25, 0.3) is 0 Å². The van der Waals surface area contributed by atoms with Crippen LogP contribution in [0.2, 0.25) is 0 Å². The number of nitrogens with zero attached hydrogens (tertiary/aromatic N) is 2. The van der Waals surface area contributed by atoms with Gasteiger partial charge in [0.1, 0.15) is 6.04 Å². The molecule has 1 aromatic heterocycles. The van der Waals surface area contributed by atoms with Gasteiger partial charge in [0.25, 0.3) is 0 Å². The summed E-state index contributed by atoms with van der Waals surface area (Å²) in [6.45, 7) is 2.53. The Bertz CT molecular complexity index is 354.